The monoisotopic (exact) mass is 424 g/mol. The number of aromatic nitrogens is 4. The second kappa shape index (κ2) is 7.30. The third-order valence-electron chi connectivity index (χ3n) is 5.54. The van der Waals surface area contributed by atoms with Crippen molar-refractivity contribution in [1.82, 2.24) is 19.6 Å². The standard InChI is InChI=1S/C21H21ClN6O2/c22-15-5-3-14(4-6-15)13-21(29)7-9-27(10-8-21)17-12-18-24-19(16-2-1-11-30-16)26-28(18)20(23)25-17/h1-6,11-12,29H,7-10,13H2,(H2,23,25). The van der Waals surface area contributed by atoms with E-state index in [1.54, 1.807) is 18.4 Å². The molecule has 9 heteroatoms. The van der Waals surface area contributed by atoms with E-state index in [-0.39, 0.29) is 5.95 Å². The number of fused-ring (bicyclic) bond motifs is 1. The van der Waals surface area contributed by atoms with E-state index in [0.29, 0.717) is 54.6 Å². The molecule has 0 saturated carbocycles. The van der Waals surface area contributed by atoms with Crippen LogP contribution in [0.2, 0.25) is 5.02 Å². The van der Waals surface area contributed by atoms with Crippen molar-refractivity contribution >= 4 is 29.0 Å². The molecular weight excluding hydrogens is 404 g/mol. The van der Waals surface area contributed by atoms with E-state index >= 15 is 0 Å². The minimum absolute atomic E-state index is 0.259. The van der Waals surface area contributed by atoms with E-state index in [1.165, 1.54) is 4.52 Å². The van der Waals surface area contributed by atoms with Crippen LogP contribution < -0.4 is 10.6 Å². The van der Waals surface area contributed by atoms with Crippen LogP contribution in [-0.4, -0.2) is 43.4 Å². The zero-order valence-corrected chi connectivity index (χ0v) is 17.0. The lowest BCUT2D eigenvalue weighted by molar-refractivity contribution is 0.0164. The molecule has 4 heterocycles. The number of furan rings is 1. The predicted octanol–water partition coefficient (Wildman–Crippen LogP) is 3.19. The van der Waals surface area contributed by atoms with Gasteiger partial charge < -0.3 is 20.2 Å². The van der Waals surface area contributed by atoms with Gasteiger partial charge in [0.1, 0.15) is 5.82 Å². The van der Waals surface area contributed by atoms with Gasteiger partial charge in [-0.15, -0.1) is 5.10 Å². The van der Waals surface area contributed by atoms with Crippen molar-refractivity contribution in [2.75, 3.05) is 23.7 Å². The van der Waals surface area contributed by atoms with Gasteiger partial charge in [-0.25, -0.2) is 4.98 Å². The molecule has 0 spiro atoms. The maximum Gasteiger partial charge on any atom is 0.225 e. The highest BCUT2D eigenvalue weighted by atomic mass is 35.5. The summed E-state index contributed by atoms with van der Waals surface area (Å²) in [6.45, 7) is 1.35. The number of piperidine rings is 1. The molecule has 3 N–H and O–H groups in total. The number of aliphatic hydroxyl groups is 1. The van der Waals surface area contributed by atoms with E-state index in [4.69, 9.17) is 21.8 Å². The van der Waals surface area contributed by atoms with Gasteiger partial charge in [-0.3, -0.25) is 0 Å². The normalized spacial score (nSPS) is 16.3. The van der Waals surface area contributed by atoms with Crippen LogP contribution in [0.25, 0.3) is 17.2 Å². The lowest BCUT2D eigenvalue weighted by Crippen LogP contribution is -2.46. The van der Waals surface area contributed by atoms with E-state index < -0.39 is 5.60 Å². The van der Waals surface area contributed by atoms with Crippen LogP contribution in [0.3, 0.4) is 0 Å². The minimum atomic E-state index is -0.749. The number of anilines is 2. The summed E-state index contributed by atoms with van der Waals surface area (Å²) in [6.07, 6.45) is 3.44. The Hall–Kier alpha value is -3.10. The molecule has 0 amide bonds. The van der Waals surface area contributed by atoms with Crippen LogP contribution in [0.5, 0.6) is 0 Å². The Morgan fingerprint density at radius 2 is 1.90 bits per heavy atom. The number of rotatable bonds is 4. The molecule has 0 aliphatic carbocycles. The first-order valence-electron chi connectivity index (χ1n) is 9.78. The molecule has 5 rings (SSSR count). The number of hydrogen-bond acceptors (Lipinski definition) is 7. The first kappa shape index (κ1) is 18.9. The van der Waals surface area contributed by atoms with Crippen molar-refractivity contribution in [2.45, 2.75) is 24.9 Å². The second-order valence-electron chi connectivity index (χ2n) is 7.67. The van der Waals surface area contributed by atoms with Gasteiger partial charge in [0.25, 0.3) is 0 Å². The Bertz CT molecular complexity index is 1160. The van der Waals surface area contributed by atoms with Crippen LogP contribution in [0, 0.1) is 0 Å². The molecule has 154 valence electrons. The van der Waals surface area contributed by atoms with Crippen LogP contribution in [0.4, 0.5) is 11.8 Å². The highest BCUT2D eigenvalue weighted by Gasteiger charge is 2.33. The molecule has 1 fully saturated rings. The fraction of sp³-hybridized carbons (Fsp3) is 0.286. The number of nitrogens with zero attached hydrogens (tertiary/aromatic N) is 5. The van der Waals surface area contributed by atoms with Gasteiger partial charge in [-0.1, -0.05) is 23.7 Å². The van der Waals surface area contributed by atoms with Gasteiger partial charge >= 0.3 is 0 Å². The molecule has 1 aliphatic rings. The summed E-state index contributed by atoms with van der Waals surface area (Å²) in [7, 11) is 0. The van der Waals surface area contributed by atoms with Crippen LogP contribution in [-0.2, 0) is 6.42 Å². The first-order valence-corrected chi connectivity index (χ1v) is 10.2. The maximum atomic E-state index is 11.1. The zero-order valence-electron chi connectivity index (χ0n) is 16.2. The molecular formula is C21H21ClN6O2. The Morgan fingerprint density at radius 3 is 2.60 bits per heavy atom. The topological polar surface area (TPSA) is 106 Å². The van der Waals surface area contributed by atoms with E-state index in [9.17, 15) is 5.11 Å². The van der Waals surface area contributed by atoms with Crippen molar-refractivity contribution in [3.8, 4) is 11.6 Å². The summed E-state index contributed by atoms with van der Waals surface area (Å²) in [5.41, 5.74) is 7.06. The second-order valence-corrected chi connectivity index (χ2v) is 8.11. The van der Waals surface area contributed by atoms with Crippen molar-refractivity contribution in [3.63, 3.8) is 0 Å². The van der Waals surface area contributed by atoms with Crippen LogP contribution in [0.15, 0.2) is 53.1 Å². The Balaban J connectivity index is 1.33. The number of hydrogen-bond donors (Lipinski definition) is 2. The van der Waals surface area contributed by atoms with Crippen molar-refractivity contribution < 1.29 is 9.52 Å². The third-order valence-corrected chi connectivity index (χ3v) is 5.79. The first-order chi connectivity index (χ1) is 14.5. The molecule has 4 aromatic rings. The number of benzene rings is 1. The van der Waals surface area contributed by atoms with E-state index in [1.807, 2.05) is 30.3 Å². The van der Waals surface area contributed by atoms with Crippen LogP contribution in [0.1, 0.15) is 18.4 Å². The summed E-state index contributed by atoms with van der Waals surface area (Å²) in [6, 6.07) is 13.1. The number of halogens is 1. The molecule has 0 atom stereocenters. The Kier molecular flexibility index (Phi) is 4.60. The molecule has 0 unspecified atom stereocenters. The Morgan fingerprint density at radius 1 is 1.13 bits per heavy atom. The maximum absolute atomic E-state index is 11.1. The highest BCUT2D eigenvalue weighted by Crippen LogP contribution is 2.30. The number of nitrogen functional groups attached to an aromatic ring is 1. The SMILES string of the molecule is Nc1nc(N2CCC(O)(Cc3ccc(Cl)cc3)CC2)cc2nc(-c3ccco3)nn12. The molecule has 1 saturated heterocycles. The quantitative estimate of drug-likeness (QED) is 0.518. The van der Waals surface area contributed by atoms with E-state index in [0.717, 1.165) is 11.4 Å². The van der Waals surface area contributed by atoms with Crippen LogP contribution >= 0.6 is 11.6 Å². The summed E-state index contributed by atoms with van der Waals surface area (Å²) in [4.78, 5) is 11.1. The summed E-state index contributed by atoms with van der Waals surface area (Å²) >= 11 is 5.96. The van der Waals surface area contributed by atoms with Gasteiger partial charge in [-0.2, -0.15) is 9.50 Å². The molecule has 8 nitrogen and oxygen atoms in total. The average Bonchev–Trinajstić information content (AvgIpc) is 3.40. The highest BCUT2D eigenvalue weighted by molar-refractivity contribution is 6.30. The Labute approximate surface area is 177 Å². The molecule has 30 heavy (non-hydrogen) atoms. The molecule has 0 bridgehead atoms. The van der Waals surface area contributed by atoms with E-state index in [2.05, 4.69) is 20.0 Å². The predicted molar refractivity (Wildman–Crippen MR) is 114 cm³/mol. The average molecular weight is 425 g/mol. The molecule has 0 radical (unpaired) electrons. The largest absolute Gasteiger partial charge is 0.461 e. The fourth-order valence-corrected chi connectivity index (χ4v) is 4.01. The fourth-order valence-electron chi connectivity index (χ4n) is 3.88. The minimum Gasteiger partial charge on any atom is -0.461 e. The third kappa shape index (κ3) is 3.59. The van der Waals surface area contributed by atoms with Crippen molar-refractivity contribution in [3.05, 3.63) is 59.3 Å². The van der Waals surface area contributed by atoms with Crippen molar-refractivity contribution in [2.24, 2.45) is 0 Å². The molecule has 1 aromatic carbocycles. The van der Waals surface area contributed by atoms with Gasteiger partial charge in [0.2, 0.25) is 11.8 Å². The summed E-state index contributed by atoms with van der Waals surface area (Å²) in [5.74, 6) is 2.02. The van der Waals surface area contributed by atoms with Gasteiger partial charge in [0, 0.05) is 30.6 Å². The lowest BCUT2D eigenvalue weighted by atomic mass is 9.85. The smallest absolute Gasteiger partial charge is 0.225 e. The molecule has 3 aromatic heterocycles. The summed E-state index contributed by atoms with van der Waals surface area (Å²) < 4.78 is 6.87. The lowest BCUT2D eigenvalue weighted by Gasteiger charge is -2.39. The zero-order chi connectivity index (χ0) is 20.7. The van der Waals surface area contributed by atoms with Crippen molar-refractivity contribution in [1.29, 1.82) is 0 Å². The number of nitrogens with two attached hydrogens (primary N) is 1. The van der Waals surface area contributed by atoms with Gasteiger partial charge in [0.05, 0.1) is 11.9 Å². The molecule has 1 aliphatic heterocycles. The summed E-state index contributed by atoms with van der Waals surface area (Å²) in [5, 5.41) is 16.1. The van der Waals surface area contributed by atoms with Gasteiger partial charge in [0.15, 0.2) is 11.4 Å². The van der Waals surface area contributed by atoms with Gasteiger partial charge in [-0.05, 0) is 42.7 Å².